The first kappa shape index (κ1) is 17.3. The highest BCUT2D eigenvalue weighted by Gasteiger charge is 2.13. The molecule has 0 unspecified atom stereocenters. The molecule has 0 saturated heterocycles. The van der Waals surface area contributed by atoms with Gasteiger partial charge in [-0.15, -0.1) is 0 Å². The van der Waals surface area contributed by atoms with Gasteiger partial charge in [0.15, 0.2) is 0 Å². The zero-order chi connectivity index (χ0) is 15.7. The van der Waals surface area contributed by atoms with E-state index in [1.54, 1.807) is 37.3 Å². The Morgan fingerprint density at radius 3 is 2.38 bits per heavy atom. The summed E-state index contributed by atoms with van der Waals surface area (Å²) in [4.78, 5) is 13.9. The SMILES string of the molecule is COCCN(CCOC)C(=O)CCc1ccc(O)c(N)c1. The van der Waals surface area contributed by atoms with Crippen molar-refractivity contribution in [2.24, 2.45) is 0 Å². The number of aryl methyl sites for hydroxylation is 1. The van der Waals surface area contributed by atoms with Gasteiger partial charge in [0.2, 0.25) is 5.91 Å². The fraction of sp³-hybridized carbons (Fsp3) is 0.533. The molecule has 0 saturated carbocycles. The minimum Gasteiger partial charge on any atom is -0.506 e. The van der Waals surface area contributed by atoms with E-state index >= 15 is 0 Å². The third-order valence-corrected chi connectivity index (χ3v) is 3.20. The van der Waals surface area contributed by atoms with Gasteiger partial charge < -0.3 is 25.2 Å². The highest BCUT2D eigenvalue weighted by molar-refractivity contribution is 5.76. The number of phenols is 1. The predicted molar refractivity (Wildman–Crippen MR) is 81.2 cm³/mol. The molecule has 0 aliphatic heterocycles. The van der Waals surface area contributed by atoms with Crippen molar-refractivity contribution in [2.45, 2.75) is 12.8 Å². The molecule has 0 aliphatic carbocycles. The Kier molecular flexibility index (Phi) is 7.56. The number of hydrogen-bond donors (Lipinski definition) is 2. The summed E-state index contributed by atoms with van der Waals surface area (Å²) in [6.45, 7) is 2.11. The van der Waals surface area contributed by atoms with Crippen LogP contribution in [0.15, 0.2) is 18.2 Å². The maximum atomic E-state index is 12.2. The average Bonchev–Trinajstić information content (AvgIpc) is 2.48. The zero-order valence-electron chi connectivity index (χ0n) is 12.7. The number of carbonyl (C=O) groups is 1. The van der Waals surface area contributed by atoms with Crippen LogP contribution in [-0.2, 0) is 20.7 Å². The molecule has 1 amide bonds. The number of hydrogen-bond acceptors (Lipinski definition) is 5. The number of benzene rings is 1. The van der Waals surface area contributed by atoms with Crippen molar-refractivity contribution in [3.05, 3.63) is 23.8 Å². The van der Waals surface area contributed by atoms with Gasteiger partial charge >= 0.3 is 0 Å². The van der Waals surface area contributed by atoms with Crippen molar-refractivity contribution >= 4 is 11.6 Å². The van der Waals surface area contributed by atoms with Gasteiger partial charge in [-0.2, -0.15) is 0 Å². The number of nitrogens with zero attached hydrogens (tertiary/aromatic N) is 1. The molecule has 3 N–H and O–H groups in total. The number of amides is 1. The lowest BCUT2D eigenvalue weighted by Crippen LogP contribution is -2.36. The predicted octanol–water partition coefficient (Wildman–Crippen LogP) is 1.03. The molecule has 0 spiro atoms. The largest absolute Gasteiger partial charge is 0.506 e. The van der Waals surface area contributed by atoms with Crippen LogP contribution in [0, 0.1) is 0 Å². The second-order valence-electron chi connectivity index (χ2n) is 4.76. The Bertz CT molecular complexity index is 443. The molecule has 0 heterocycles. The molecule has 0 aromatic heterocycles. The Balaban J connectivity index is 2.53. The van der Waals surface area contributed by atoms with Gasteiger partial charge in [-0.1, -0.05) is 6.07 Å². The van der Waals surface area contributed by atoms with Crippen molar-refractivity contribution in [2.75, 3.05) is 46.3 Å². The molecule has 1 aromatic rings. The van der Waals surface area contributed by atoms with Crippen molar-refractivity contribution in [1.82, 2.24) is 4.90 Å². The molecule has 0 aliphatic rings. The first-order valence-corrected chi connectivity index (χ1v) is 6.91. The van der Waals surface area contributed by atoms with E-state index in [9.17, 15) is 9.90 Å². The number of aromatic hydroxyl groups is 1. The van der Waals surface area contributed by atoms with Crippen LogP contribution in [0.1, 0.15) is 12.0 Å². The monoisotopic (exact) mass is 296 g/mol. The topological polar surface area (TPSA) is 85.0 Å². The maximum Gasteiger partial charge on any atom is 0.223 e. The maximum absolute atomic E-state index is 12.2. The van der Waals surface area contributed by atoms with Crippen molar-refractivity contribution in [3.63, 3.8) is 0 Å². The Hall–Kier alpha value is -1.79. The van der Waals surface area contributed by atoms with E-state index in [1.165, 1.54) is 0 Å². The van der Waals surface area contributed by atoms with Crippen molar-refractivity contribution in [1.29, 1.82) is 0 Å². The zero-order valence-corrected chi connectivity index (χ0v) is 12.7. The highest BCUT2D eigenvalue weighted by Crippen LogP contribution is 2.21. The van der Waals surface area contributed by atoms with Crippen LogP contribution in [0.3, 0.4) is 0 Å². The lowest BCUT2D eigenvalue weighted by molar-refractivity contribution is -0.132. The summed E-state index contributed by atoms with van der Waals surface area (Å²) in [5, 5.41) is 9.38. The number of methoxy groups -OCH3 is 2. The summed E-state index contributed by atoms with van der Waals surface area (Å²) in [6.07, 6.45) is 0.970. The first-order chi connectivity index (χ1) is 10.1. The van der Waals surface area contributed by atoms with E-state index in [0.29, 0.717) is 44.8 Å². The molecular weight excluding hydrogens is 272 g/mol. The molecule has 6 heteroatoms. The first-order valence-electron chi connectivity index (χ1n) is 6.91. The molecule has 0 radical (unpaired) electrons. The molecule has 1 aromatic carbocycles. The Morgan fingerprint density at radius 1 is 1.24 bits per heavy atom. The van der Waals surface area contributed by atoms with Crippen LogP contribution in [0.25, 0.3) is 0 Å². The van der Waals surface area contributed by atoms with E-state index in [4.69, 9.17) is 15.2 Å². The van der Waals surface area contributed by atoms with Crippen LogP contribution >= 0.6 is 0 Å². The highest BCUT2D eigenvalue weighted by atomic mass is 16.5. The van der Waals surface area contributed by atoms with Crippen LogP contribution in [0.4, 0.5) is 5.69 Å². The van der Waals surface area contributed by atoms with Crippen LogP contribution in [0.2, 0.25) is 0 Å². The van der Waals surface area contributed by atoms with Gasteiger partial charge in [0.25, 0.3) is 0 Å². The van der Waals surface area contributed by atoms with E-state index in [-0.39, 0.29) is 11.7 Å². The molecular formula is C15H24N2O4. The fourth-order valence-electron chi connectivity index (χ4n) is 1.93. The smallest absolute Gasteiger partial charge is 0.223 e. The molecule has 21 heavy (non-hydrogen) atoms. The molecule has 0 bridgehead atoms. The minimum absolute atomic E-state index is 0.0516. The number of nitrogen functional groups attached to an aromatic ring is 1. The standard InChI is InChI=1S/C15H24N2O4/c1-20-9-7-17(8-10-21-2)15(19)6-4-12-3-5-14(18)13(16)11-12/h3,5,11,18H,4,6-10,16H2,1-2H3. The second-order valence-corrected chi connectivity index (χ2v) is 4.76. The Morgan fingerprint density at radius 2 is 1.86 bits per heavy atom. The fourth-order valence-corrected chi connectivity index (χ4v) is 1.93. The van der Waals surface area contributed by atoms with Gasteiger partial charge in [-0.25, -0.2) is 0 Å². The van der Waals surface area contributed by atoms with Gasteiger partial charge in [0.1, 0.15) is 5.75 Å². The summed E-state index contributed by atoms with van der Waals surface area (Å²) in [5.74, 6) is 0.114. The van der Waals surface area contributed by atoms with Gasteiger partial charge in [-0.3, -0.25) is 4.79 Å². The van der Waals surface area contributed by atoms with Crippen molar-refractivity contribution in [3.8, 4) is 5.75 Å². The normalized spacial score (nSPS) is 10.6. The van der Waals surface area contributed by atoms with E-state index in [1.807, 2.05) is 0 Å². The van der Waals surface area contributed by atoms with E-state index in [2.05, 4.69) is 0 Å². The summed E-state index contributed by atoms with van der Waals surface area (Å²) in [7, 11) is 3.22. The lowest BCUT2D eigenvalue weighted by Gasteiger charge is -2.22. The number of nitrogens with two attached hydrogens (primary N) is 1. The summed E-state index contributed by atoms with van der Waals surface area (Å²) >= 11 is 0. The van der Waals surface area contributed by atoms with Crippen molar-refractivity contribution < 1.29 is 19.4 Å². The quantitative estimate of drug-likeness (QED) is 0.525. The number of rotatable bonds is 9. The van der Waals surface area contributed by atoms with Gasteiger partial charge in [-0.05, 0) is 24.1 Å². The number of carbonyl (C=O) groups excluding carboxylic acids is 1. The van der Waals surface area contributed by atoms with Gasteiger partial charge in [0, 0.05) is 33.7 Å². The molecule has 1 rings (SSSR count). The summed E-state index contributed by atoms with van der Waals surface area (Å²) < 4.78 is 10.0. The molecule has 6 nitrogen and oxygen atoms in total. The van der Waals surface area contributed by atoms with E-state index in [0.717, 1.165) is 5.56 Å². The average molecular weight is 296 g/mol. The minimum atomic E-state index is 0.0516. The van der Waals surface area contributed by atoms with Gasteiger partial charge in [0.05, 0.1) is 18.9 Å². The summed E-state index contributed by atoms with van der Waals surface area (Å²) in [5.41, 5.74) is 6.90. The van der Waals surface area contributed by atoms with Crippen LogP contribution < -0.4 is 5.73 Å². The number of anilines is 1. The lowest BCUT2D eigenvalue weighted by atomic mass is 10.1. The third-order valence-electron chi connectivity index (χ3n) is 3.20. The van der Waals surface area contributed by atoms with E-state index < -0.39 is 0 Å². The second kappa shape index (κ2) is 9.20. The van der Waals surface area contributed by atoms with Crippen LogP contribution in [0.5, 0.6) is 5.75 Å². The van der Waals surface area contributed by atoms with Crippen LogP contribution in [-0.4, -0.2) is 56.4 Å². The third kappa shape index (κ3) is 6.01. The molecule has 118 valence electrons. The molecule has 0 fully saturated rings. The molecule has 0 atom stereocenters. The number of phenolic OH excluding ortho intramolecular Hbond substituents is 1. The number of ether oxygens (including phenoxy) is 2. The Labute approximate surface area is 125 Å². The summed E-state index contributed by atoms with van der Waals surface area (Å²) in [6, 6.07) is 5.01.